The van der Waals surface area contributed by atoms with Crippen LogP contribution in [0.5, 0.6) is 0 Å². The third kappa shape index (κ3) is 5.67. The third-order valence-corrected chi connectivity index (χ3v) is 4.71. The van der Waals surface area contributed by atoms with E-state index in [2.05, 4.69) is 17.1 Å². The molecule has 5 heteroatoms. The minimum absolute atomic E-state index is 0.263. The fourth-order valence-corrected chi connectivity index (χ4v) is 3.60. The van der Waals surface area contributed by atoms with E-state index in [9.17, 15) is 8.42 Å². The van der Waals surface area contributed by atoms with Crippen LogP contribution in [-0.2, 0) is 9.84 Å². The fourth-order valence-electron chi connectivity index (χ4n) is 2.96. The largest absolute Gasteiger partial charge is 0.316 e. The van der Waals surface area contributed by atoms with Crippen LogP contribution in [0.2, 0.25) is 0 Å². The minimum Gasteiger partial charge on any atom is -0.316 e. The van der Waals surface area contributed by atoms with Crippen molar-refractivity contribution >= 4 is 9.84 Å². The highest BCUT2D eigenvalue weighted by Gasteiger charge is 2.32. The second kappa shape index (κ2) is 6.87. The Morgan fingerprint density at radius 2 is 2.11 bits per heavy atom. The predicted octanol–water partition coefficient (Wildman–Crippen LogP) is 1.13. The summed E-state index contributed by atoms with van der Waals surface area (Å²) in [6.07, 6.45) is 6.23. The van der Waals surface area contributed by atoms with E-state index in [4.69, 9.17) is 0 Å². The summed E-state index contributed by atoms with van der Waals surface area (Å²) in [6, 6.07) is 0. The Balaban J connectivity index is 2.49. The first-order valence-electron chi connectivity index (χ1n) is 6.94. The molecule has 0 saturated carbocycles. The molecule has 0 amide bonds. The van der Waals surface area contributed by atoms with Gasteiger partial charge in [0, 0.05) is 25.9 Å². The van der Waals surface area contributed by atoms with E-state index >= 15 is 0 Å². The molecular formula is C13H28N2O2S. The Morgan fingerprint density at radius 3 is 2.61 bits per heavy atom. The molecule has 4 nitrogen and oxygen atoms in total. The van der Waals surface area contributed by atoms with Gasteiger partial charge in [-0.05, 0) is 38.3 Å². The highest BCUT2D eigenvalue weighted by molar-refractivity contribution is 7.90. The molecule has 0 aromatic rings. The van der Waals surface area contributed by atoms with Crippen molar-refractivity contribution in [3.05, 3.63) is 0 Å². The lowest BCUT2D eigenvalue weighted by Crippen LogP contribution is -2.47. The molecule has 1 unspecified atom stereocenters. The molecule has 0 radical (unpaired) electrons. The molecule has 1 saturated heterocycles. The van der Waals surface area contributed by atoms with E-state index in [1.807, 2.05) is 7.05 Å². The smallest absolute Gasteiger partial charge is 0.148 e. The van der Waals surface area contributed by atoms with Crippen LogP contribution in [0.1, 0.15) is 32.6 Å². The van der Waals surface area contributed by atoms with Gasteiger partial charge in [0.25, 0.3) is 0 Å². The van der Waals surface area contributed by atoms with Gasteiger partial charge in [0.15, 0.2) is 0 Å². The predicted molar refractivity (Wildman–Crippen MR) is 76.7 cm³/mol. The maximum Gasteiger partial charge on any atom is 0.148 e. The standard InChI is InChI=1S/C13H28N2O2S/c1-4-6-13(7-5-8-14-11-13)12-15(2)9-10-18(3,16)17/h14H,4-12H2,1-3H3. The summed E-state index contributed by atoms with van der Waals surface area (Å²) in [6.45, 7) is 6.07. The second-order valence-corrected chi connectivity index (χ2v) is 8.16. The zero-order valence-electron chi connectivity index (χ0n) is 12.0. The van der Waals surface area contributed by atoms with Crippen LogP contribution in [0, 0.1) is 5.41 Å². The van der Waals surface area contributed by atoms with Crippen molar-refractivity contribution in [3.63, 3.8) is 0 Å². The first-order chi connectivity index (χ1) is 8.37. The van der Waals surface area contributed by atoms with E-state index in [0.29, 0.717) is 12.0 Å². The van der Waals surface area contributed by atoms with Gasteiger partial charge in [0.05, 0.1) is 5.75 Å². The summed E-state index contributed by atoms with van der Waals surface area (Å²) in [7, 11) is -0.810. The van der Waals surface area contributed by atoms with E-state index < -0.39 is 9.84 Å². The highest BCUT2D eigenvalue weighted by Crippen LogP contribution is 2.32. The van der Waals surface area contributed by atoms with Crippen LogP contribution < -0.4 is 5.32 Å². The lowest BCUT2D eigenvalue weighted by molar-refractivity contribution is 0.125. The highest BCUT2D eigenvalue weighted by atomic mass is 32.2. The van der Waals surface area contributed by atoms with Gasteiger partial charge in [0.1, 0.15) is 9.84 Å². The Labute approximate surface area is 112 Å². The Hall–Kier alpha value is -0.130. The van der Waals surface area contributed by atoms with Crippen LogP contribution in [-0.4, -0.2) is 58.6 Å². The van der Waals surface area contributed by atoms with Crippen LogP contribution in [0.25, 0.3) is 0 Å². The van der Waals surface area contributed by atoms with E-state index in [-0.39, 0.29) is 5.75 Å². The molecule has 1 atom stereocenters. The monoisotopic (exact) mass is 276 g/mol. The van der Waals surface area contributed by atoms with Crippen molar-refractivity contribution in [1.29, 1.82) is 0 Å². The minimum atomic E-state index is -2.85. The molecule has 0 aromatic heterocycles. The Morgan fingerprint density at radius 1 is 1.39 bits per heavy atom. The van der Waals surface area contributed by atoms with Gasteiger partial charge in [-0.25, -0.2) is 8.42 Å². The maximum absolute atomic E-state index is 11.2. The van der Waals surface area contributed by atoms with Crippen LogP contribution in [0.4, 0.5) is 0 Å². The van der Waals surface area contributed by atoms with E-state index in [1.165, 1.54) is 31.9 Å². The molecule has 0 bridgehead atoms. The van der Waals surface area contributed by atoms with Crippen LogP contribution in [0.15, 0.2) is 0 Å². The van der Waals surface area contributed by atoms with Crippen molar-refractivity contribution in [1.82, 2.24) is 10.2 Å². The first-order valence-corrected chi connectivity index (χ1v) is 9.00. The van der Waals surface area contributed by atoms with Crippen molar-refractivity contribution < 1.29 is 8.42 Å². The molecule has 1 aliphatic rings. The molecule has 1 aliphatic heterocycles. The van der Waals surface area contributed by atoms with Gasteiger partial charge in [-0.3, -0.25) is 0 Å². The van der Waals surface area contributed by atoms with Gasteiger partial charge in [-0.2, -0.15) is 0 Å². The molecule has 1 N–H and O–H groups in total. The first kappa shape index (κ1) is 15.9. The number of hydrogen-bond donors (Lipinski definition) is 1. The quantitative estimate of drug-likeness (QED) is 0.757. The number of piperidine rings is 1. The number of rotatable bonds is 7. The Kier molecular flexibility index (Phi) is 6.08. The SMILES string of the molecule is CCCC1(CN(C)CCS(C)(=O)=O)CCCNC1. The van der Waals surface area contributed by atoms with E-state index in [0.717, 1.165) is 19.6 Å². The Bertz CT molecular complexity index is 329. The van der Waals surface area contributed by atoms with E-state index in [1.54, 1.807) is 0 Å². The average molecular weight is 276 g/mol. The molecule has 0 aliphatic carbocycles. The lowest BCUT2D eigenvalue weighted by Gasteiger charge is -2.40. The summed E-state index contributed by atoms with van der Waals surface area (Å²) in [4.78, 5) is 2.18. The van der Waals surface area contributed by atoms with Gasteiger partial charge in [0.2, 0.25) is 0 Å². The summed E-state index contributed by atoms with van der Waals surface area (Å²) < 4.78 is 22.4. The molecule has 1 fully saturated rings. The summed E-state index contributed by atoms with van der Waals surface area (Å²) >= 11 is 0. The van der Waals surface area contributed by atoms with Crippen LogP contribution in [0.3, 0.4) is 0 Å². The number of sulfone groups is 1. The molecular weight excluding hydrogens is 248 g/mol. The molecule has 18 heavy (non-hydrogen) atoms. The van der Waals surface area contributed by atoms with Crippen LogP contribution >= 0.6 is 0 Å². The lowest BCUT2D eigenvalue weighted by atomic mass is 9.76. The maximum atomic E-state index is 11.2. The van der Waals surface area contributed by atoms with Gasteiger partial charge in [-0.15, -0.1) is 0 Å². The van der Waals surface area contributed by atoms with Gasteiger partial charge >= 0.3 is 0 Å². The van der Waals surface area contributed by atoms with Gasteiger partial charge in [-0.1, -0.05) is 13.3 Å². The van der Waals surface area contributed by atoms with Crippen molar-refractivity contribution in [2.75, 3.05) is 45.2 Å². The zero-order chi connectivity index (χ0) is 13.6. The molecule has 0 spiro atoms. The summed E-state index contributed by atoms with van der Waals surface area (Å²) in [5.41, 5.74) is 0.346. The number of nitrogens with zero attached hydrogens (tertiary/aromatic N) is 1. The van der Waals surface area contributed by atoms with Crippen molar-refractivity contribution in [2.45, 2.75) is 32.6 Å². The topological polar surface area (TPSA) is 49.4 Å². The van der Waals surface area contributed by atoms with Gasteiger partial charge < -0.3 is 10.2 Å². The summed E-state index contributed by atoms with van der Waals surface area (Å²) in [5, 5.41) is 3.49. The number of nitrogens with one attached hydrogen (secondary N) is 1. The molecule has 0 aromatic carbocycles. The zero-order valence-corrected chi connectivity index (χ0v) is 12.9. The summed E-state index contributed by atoms with van der Waals surface area (Å²) in [5.74, 6) is 0.263. The fraction of sp³-hybridized carbons (Fsp3) is 1.00. The third-order valence-electron chi connectivity index (χ3n) is 3.79. The molecule has 1 heterocycles. The normalized spacial score (nSPS) is 25.6. The van der Waals surface area contributed by atoms with Crippen molar-refractivity contribution in [2.24, 2.45) is 5.41 Å². The van der Waals surface area contributed by atoms with Crippen molar-refractivity contribution in [3.8, 4) is 0 Å². The average Bonchev–Trinajstić information content (AvgIpc) is 2.27. The number of hydrogen-bond acceptors (Lipinski definition) is 4. The molecule has 108 valence electrons. The molecule has 1 rings (SSSR count). The second-order valence-electron chi connectivity index (χ2n) is 5.90.